The summed E-state index contributed by atoms with van der Waals surface area (Å²) in [6.45, 7) is 2.06. The van der Waals surface area contributed by atoms with Crippen LogP contribution in [-0.4, -0.2) is 37.4 Å². The maximum atomic E-state index is 10.1. The lowest BCUT2D eigenvalue weighted by molar-refractivity contribution is 0.160. The standard InChI is InChI=1S/C14H20N2O/c1-15-9-10-16(13-7-4-8-14(13)17)12-6-3-2-5-11(12)15/h2-3,5-6,13-14,17H,4,7-10H2,1H3/t13-,14-/m1/s1. The Morgan fingerprint density at radius 2 is 1.88 bits per heavy atom. The lowest BCUT2D eigenvalue weighted by Gasteiger charge is -2.41. The Hall–Kier alpha value is -1.22. The molecule has 1 aliphatic heterocycles. The molecule has 1 aliphatic carbocycles. The molecule has 92 valence electrons. The van der Waals surface area contributed by atoms with E-state index >= 15 is 0 Å². The Labute approximate surface area is 103 Å². The lowest BCUT2D eigenvalue weighted by atomic mass is 10.1. The summed E-state index contributed by atoms with van der Waals surface area (Å²) >= 11 is 0. The van der Waals surface area contributed by atoms with E-state index in [9.17, 15) is 5.11 Å². The quantitative estimate of drug-likeness (QED) is 0.800. The molecule has 1 heterocycles. The lowest BCUT2D eigenvalue weighted by Crippen LogP contribution is -2.47. The number of aliphatic hydroxyl groups excluding tert-OH is 1. The Morgan fingerprint density at radius 1 is 1.12 bits per heavy atom. The molecule has 0 bridgehead atoms. The van der Waals surface area contributed by atoms with Gasteiger partial charge in [-0.05, 0) is 31.4 Å². The van der Waals surface area contributed by atoms with Crippen LogP contribution in [0.2, 0.25) is 0 Å². The van der Waals surface area contributed by atoms with Gasteiger partial charge in [-0.2, -0.15) is 0 Å². The second kappa shape index (κ2) is 4.22. The van der Waals surface area contributed by atoms with Crippen LogP contribution in [0.1, 0.15) is 19.3 Å². The van der Waals surface area contributed by atoms with E-state index in [1.54, 1.807) is 0 Å². The molecule has 0 radical (unpaired) electrons. The van der Waals surface area contributed by atoms with Crippen LogP contribution in [-0.2, 0) is 0 Å². The van der Waals surface area contributed by atoms with Crippen LogP contribution >= 0.6 is 0 Å². The van der Waals surface area contributed by atoms with Crippen molar-refractivity contribution in [2.24, 2.45) is 0 Å². The van der Waals surface area contributed by atoms with Crippen molar-refractivity contribution in [2.75, 3.05) is 29.9 Å². The largest absolute Gasteiger partial charge is 0.391 e. The van der Waals surface area contributed by atoms with Crippen molar-refractivity contribution in [3.63, 3.8) is 0 Å². The fourth-order valence-electron chi connectivity index (χ4n) is 3.16. The highest BCUT2D eigenvalue weighted by Crippen LogP contribution is 2.36. The molecule has 1 N–H and O–H groups in total. The second-order valence-electron chi connectivity index (χ2n) is 5.17. The van der Waals surface area contributed by atoms with E-state index in [-0.39, 0.29) is 6.10 Å². The van der Waals surface area contributed by atoms with E-state index in [2.05, 4.69) is 41.1 Å². The van der Waals surface area contributed by atoms with Crippen LogP contribution in [0.3, 0.4) is 0 Å². The van der Waals surface area contributed by atoms with Crippen molar-refractivity contribution in [3.8, 4) is 0 Å². The van der Waals surface area contributed by atoms with Crippen LogP contribution in [0, 0.1) is 0 Å². The summed E-state index contributed by atoms with van der Waals surface area (Å²) in [5, 5.41) is 10.1. The van der Waals surface area contributed by atoms with Gasteiger partial charge in [-0.25, -0.2) is 0 Å². The van der Waals surface area contributed by atoms with Crippen LogP contribution in [0.5, 0.6) is 0 Å². The van der Waals surface area contributed by atoms with Crippen molar-refractivity contribution in [3.05, 3.63) is 24.3 Å². The topological polar surface area (TPSA) is 26.7 Å². The highest BCUT2D eigenvalue weighted by atomic mass is 16.3. The number of hydrogen-bond donors (Lipinski definition) is 1. The average Bonchev–Trinajstić information content (AvgIpc) is 2.77. The first-order valence-corrected chi connectivity index (χ1v) is 6.52. The first-order valence-electron chi connectivity index (χ1n) is 6.52. The second-order valence-corrected chi connectivity index (χ2v) is 5.17. The Bertz CT molecular complexity index is 407. The molecule has 0 amide bonds. The van der Waals surface area contributed by atoms with E-state index in [1.165, 1.54) is 11.4 Å². The van der Waals surface area contributed by atoms with Gasteiger partial charge in [0.1, 0.15) is 0 Å². The number of rotatable bonds is 1. The monoisotopic (exact) mass is 232 g/mol. The Morgan fingerprint density at radius 3 is 2.59 bits per heavy atom. The normalized spacial score (nSPS) is 28.4. The smallest absolute Gasteiger partial charge is 0.0743 e. The van der Waals surface area contributed by atoms with Crippen molar-refractivity contribution < 1.29 is 5.11 Å². The average molecular weight is 232 g/mol. The summed E-state index contributed by atoms with van der Waals surface area (Å²) in [5.41, 5.74) is 2.57. The minimum atomic E-state index is -0.147. The summed E-state index contributed by atoms with van der Waals surface area (Å²) in [4.78, 5) is 4.71. The molecule has 1 fully saturated rings. The number of aliphatic hydroxyl groups is 1. The molecule has 1 saturated carbocycles. The highest BCUT2D eigenvalue weighted by molar-refractivity contribution is 5.73. The molecule has 0 spiro atoms. The maximum Gasteiger partial charge on any atom is 0.0743 e. The predicted molar refractivity (Wildman–Crippen MR) is 70.7 cm³/mol. The Balaban J connectivity index is 1.95. The molecule has 17 heavy (non-hydrogen) atoms. The summed E-state index contributed by atoms with van der Waals surface area (Å²) in [6.07, 6.45) is 3.09. The molecule has 0 aromatic heterocycles. The van der Waals surface area contributed by atoms with Gasteiger partial charge in [-0.3, -0.25) is 0 Å². The minimum Gasteiger partial charge on any atom is -0.391 e. The van der Waals surface area contributed by atoms with Crippen LogP contribution in [0.15, 0.2) is 24.3 Å². The van der Waals surface area contributed by atoms with Crippen LogP contribution < -0.4 is 9.80 Å². The van der Waals surface area contributed by atoms with Gasteiger partial charge < -0.3 is 14.9 Å². The molecule has 3 heteroatoms. The molecule has 0 saturated heterocycles. The fraction of sp³-hybridized carbons (Fsp3) is 0.571. The van der Waals surface area contributed by atoms with Crippen molar-refractivity contribution >= 4 is 11.4 Å². The molecule has 0 unspecified atom stereocenters. The first-order chi connectivity index (χ1) is 8.27. The summed E-state index contributed by atoms with van der Waals surface area (Å²) in [6, 6.07) is 8.85. The van der Waals surface area contributed by atoms with E-state index in [0.717, 1.165) is 32.4 Å². The molecule has 2 atom stereocenters. The molecule has 1 aromatic carbocycles. The number of anilines is 2. The van der Waals surface area contributed by atoms with Crippen LogP contribution in [0.4, 0.5) is 11.4 Å². The number of hydrogen-bond acceptors (Lipinski definition) is 3. The van der Waals surface area contributed by atoms with Gasteiger partial charge in [-0.1, -0.05) is 12.1 Å². The number of fused-ring (bicyclic) bond motifs is 1. The van der Waals surface area contributed by atoms with Crippen molar-refractivity contribution in [2.45, 2.75) is 31.4 Å². The molecule has 1 aromatic rings. The van der Waals surface area contributed by atoms with Gasteiger partial charge in [0.15, 0.2) is 0 Å². The van der Waals surface area contributed by atoms with Gasteiger partial charge in [-0.15, -0.1) is 0 Å². The van der Waals surface area contributed by atoms with E-state index in [1.807, 2.05) is 0 Å². The third-order valence-corrected chi connectivity index (χ3v) is 4.12. The number of likely N-dealkylation sites (N-methyl/N-ethyl adjacent to an activating group) is 1. The first kappa shape index (κ1) is 10.9. The highest BCUT2D eigenvalue weighted by Gasteiger charge is 2.33. The molecule has 3 nitrogen and oxygen atoms in total. The van der Waals surface area contributed by atoms with E-state index in [4.69, 9.17) is 0 Å². The van der Waals surface area contributed by atoms with Gasteiger partial charge in [0.2, 0.25) is 0 Å². The van der Waals surface area contributed by atoms with Gasteiger partial charge in [0.25, 0.3) is 0 Å². The van der Waals surface area contributed by atoms with E-state index < -0.39 is 0 Å². The zero-order valence-electron chi connectivity index (χ0n) is 10.3. The van der Waals surface area contributed by atoms with Crippen molar-refractivity contribution in [1.82, 2.24) is 0 Å². The maximum absolute atomic E-state index is 10.1. The Kier molecular flexibility index (Phi) is 2.71. The van der Waals surface area contributed by atoms with Gasteiger partial charge >= 0.3 is 0 Å². The minimum absolute atomic E-state index is 0.147. The number of para-hydroxylation sites is 2. The zero-order chi connectivity index (χ0) is 11.8. The SMILES string of the molecule is CN1CCN([C@@H]2CCC[C@H]2O)c2ccccc21. The summed E-state index contributed by atoms with van der Waals surface area (Å²) < 4.78 is 0. The predicted octanol–water partition coefficient (Wildman–Crippen LogP) is 1.86. The third kappa shape index (κ3) is 1.78. The summed E-state index contributed by atoms with van der Waals surface area (Å²) in [5.74, 6) is 0. The number of nitrogens with zero attached hydrogens (tertiary/aromatic N) is 2. The van der Waals surface area contributed by atoms with Gasteiger partial charge in [0, 0.05) is 20.1 Å². The van der Waals surface area contributed by atoms with E-state index in [0.29, 0.717) is 6.04 Å². The molecule has 2 aliphatic rings. The van der Waals surface area contributed by atoms with Crippen molar-refractivity contribution in [1.29, 1.82) is 0 Å². The third-order valence-electron chi connectivity index (χ3n) is 4.12. The number of benzene rings is 1. The zero-order valence-corrected chi connectivity index (χ0v) is 10.3. The van der Waals surface area contributed by atoms with Crippen LogP contribution in [0.25, 0.3) is 0 Å². The molecular formula is C14H20N2O. The fourth-order valence-corrected chi connectivity index (χ4v) is 3.16. The summed E-state index contributed by atoms with van der Waals surface area (Å²) in [7, 11) is 2.14. The van der Waals surface area contributed by atoms with Gasteiger partial charge in [0.05, 0.1) is 23.5 Å². The molecule has 3 rings (SSSR count). The molecular weight excluding hydrogens is 212 g/mol.